The van der Waals surface area contributed by atoms with E-state index in [2.05, 4.69) is 0 Å². The minimum atomic E-state index is -1.42. The molecule has 3 aromatic carbocycles. The second kappa shape index (κ2) is 12.2. The van der Waals surface area contributed by atoms with Gasteiger partial charge in [0, 0.05) is 6.92 Å². The molecule has 0 saturated carbocycles. The Hall–Kier alpha value is -4.50. The Bertz CT molecular complexity index is 1260. The van der Waals surface area contributed by atoms with Gasteiger partial charge in [-0.25, -0.2) is 14.4 Å². The minimum absolute atomic E-state index is 0.231. The molecule has 4 rings (SSSR count). The van der Waals surface area contributed by atoms with Crippen molar-refractivity contribution in [1.29, 1.82) is 0 Å². The molecule has 0 spiro atoms. The zero-order chi connectivity index (χ0) is 27.1. The Morgan fingerprint density at radius 3 is 1.50 bits per heavy atom. The molecule has 1 aliphatic heterocycles. The van der Waals surface area contributed by atoms with Gasteiger partial charge in [-0.1, -0.05) is 54.6 Å². The van der Waals surface area contributed by atoms with E-state index >= 15 is 0 Å². The lowest BCUT2D eigenvalue weighted by Gasteiger charge is -2.26. The number of benzene rings is 3. The van der Waals surface area contributed by atoms with Gasteiger partial charge in [0.15, 0.2) is 6.10 Å². The highest BCUT2D eigenvalue weighted by Crippen LogP contribution is 2.32. The van der Waals surface area contributed by atoms with E-state index in [-0.39, 0.29) is 11.1 Å². The van der Waals surface area contributed by atoms with Gasteiger partial charge in [0.05, 0.1) is 16.7 Å². The smallest absolute Gasteiger partial charge is 0.338 e. The van der Waals surface area contributed by atoms with Crippen LogP contribution in [-0.4, -0.2) is 54.6 Å². The van der Waals surface area contributed by atoms with E-state index < -0.39 is 54.6 Å². The quantitative estimate of drug-likeness (QED) is 0.323. The van der Waals surface area contributed by atoms with Crippen LogP contribution in [0.25, 0.3) is 0 Å². The molecule has 0 N–H and O–H groups in total. The van der Waals surface area contributed by atoms with Crippen molar-refractivity contribution in [3.63, 3.8) is 0 Å². The van der Waals surface area contributed by atoms with Crippen molar-refractivity contribution < 1.29 is 42.9 Å². The summed E-state index contributed by atoms with van der Waals surface area (Å²) in [5.74, 6) is -2.82. The highest BCUT2D eigenvalue weighted by molar-refractivity contribution is 5.91. The maximum Gasteiger partial charge on any atom is 0.338 e. The van der Waals surface area contributed by atoms with Crippen molar-refractivity contribution in [3.8, 4) is 0 Å². The fourth-order valence-corrected chi connectivity index (χ4v) is 3.95. The first kappa shape index (κ1) is 26.6. The van der Waals surface area contributed by atoms with E-state index in [1.165, 1.54) is 0 Å². The number of hydrogen-bond donors (Lipinski definition) is 0. The van der Waals surface area contributed by atoms with Crippen LogP contribution >= 0.6 is 0 Å². The van der Waals surface area contributed by atoms with E-state index in [0.29, 0.717) is 5.56 Å². The molecule has 0 unspecified atom stereocenters. The average molecular weight is 519 g/mol. The predicted molar refractivity (Wildman–Crippen MR) is 133 cm³/mol. The van der Waals surface area contributed by atoms with E-state index in [1.807, 2.05) is 0 Å². The molecule has 1 fully saturated rings. The van der Waals surface area contributed by atoms with Gasteiger partial charge < -0.3 is 23.7 Å². The molecule has 1 heterocycles. The van der Waals surface area contributed by atoms with Crippen LogP contribution in [-0.2, 0) is 28.5 Å². The lowest BCUT2D eigenvalue weighted by molar-refractivity contribution is -0.191. The zero-order valence-corrected chi connectivity index (χ0v) is 20.7. The van der Waals surface area contributed by atoms with Crippen LogP contribution in [0.15, 0.2) is 91.0 Å². The summed E-state index contributed by atoms with van der Waals surface area (Å²) in [6, 6.07) is 24.6. The van der Waals surface area contributed by atoms with Crippen LogP contribution < -0.4 is 0 Å². The molecule has 38 heavy (non-hydrogen) atoms. The van der Waals surface area contributed by atoms with Crippen LogP contribution in [0, 0.1) is 0 Å². The van der Waals surface area contributed by atoms with Crippen LogP contribution in [0.3, 0.4) is 0 Å². The van der Waals surface area contributed by atoms with Gasteiger partial charge in [0.1, 0.15) is 12.2 Å². The first-order chi connectivity index (χ1) is 18.3. The molecule has 1 aliphatic rings. The Morgan fingerprint density at radius 2 is 1.05 bits per heavy atom. The Morgan fingerprint density at radius 1 is 0.632 bits per heavy atom. The number of hydrogen-bond acceptors (Lipinski definition) is 9. The highest BCUT2D eigenvalue weighted by atomic mass is 16.8. The second-order valence-corrected chi connectivity index (χ2v) is 8.53. The summed E-state index contributed by atoms with van der Waals surface area (Å²) in [4.78, 5) is 50.5. The summed E-state index contributed by atoms with van der Waals surface area (Å²) in [5, 5.41) is 0. The highest BCUT2D eigenvalue weighted by Gasteiger charge is 2.54. The number of carbonyl (C=O) groups is 4. The standard InChI is InChI=1S/C29H26O9/c1-18(34-26(31)20-12-6-3-7-13-20)23-24(36-27(32)21-14-8-4-9-15-21)25(29(38-23)35-19(2)30)37-28(33)22-16-10-5-11-17-22/h3-18,23-25,29H,1-2H3/t18-,23+,24+,25-,29-/m1/s1. The molecule has 0 aromatic heterocycles. The Balaban J connectivity index is 1.63. The van der Waals surface area contributed by atoms with E-state index in [0.717, 1.165) is 6.92 Å². The van der Waals surface area contributed by atoms with Gasteiger partial charge in [-0.05, 0) is 43.3 Å². The summed E-state index contributed by atoms with van der Waals surface area (Å²) in [6.07, 6.45) is -6.17. The first-order valence-electron chi connectivity index (χ1n) is 11.9. The Labute approximate surface area is 219 Å². The van der Waals surface area contributed by atoms with Crippen molar-refractivity contribution >= 4 is 23.9 Å². The van der Waals surface area contributed by atoms with Gasteiger partial charge in [-0.2, -0.15) is 0 Å². The molecule has 0 aliphatic carbocycles. The fraction of sp³-hybridized carbons (Fsp3) is 0.241. The molecule has 9 nitrogen and oxygen atoms in total. The van der Waals surface area contributed by atoms with Crippen molar-refractivity contribution in [2.75, 3.05) is 0 Å². The third kappa shape index (κ3) is 6.43. The molecule has 3 aromatic rings. The summed E-state index contributed by atoms with van der Waals surface area (Å²) >= 11 is 0. The molecule has 0 bridgehead atoms. The summed E-state index contributed by atoms with van der Waals surface area (Å²) < 4.78 is 28.2. The van der Waals surface area contributed by atoms with Crippen LogP contribution in [0.2, 0.25) is 0 Å². The summed E-state index contributed by atoms with van der Waals surface area (Å²) in [6.45, 7) is 2.71. The maximum absolute atomic E-state index is 13.0. The number of ether oxygens (including phenoxy) is 5. The van der Waals surface area contributed by atoms with Gasteiger partial charge >= 0.3 is 23.9 Å². The van der Waals surface area contributed by atoms with Gasteiger partial charge in [-0.15, -0.1) is 0 Å². The van der Waals surface area contributed by atoms with Crippen molar-refractivity contribution in [2.24, 2.45) is 0 Å². The van der Waals surface area contributed by atoms with Crippen LogP contribution in [0.5, 0.6) is 0 Å². The molecular formula is C29H26O9. The third-order valence-electron chi connectivity index (χ3n) is 5.76. The largest absolute Gasteiger partial charge is 0.456 e. The lowest BCUT2D eigenvalue weighted by Crippen LogP contribution is -2.45. The topological polar surface area (TPSA) is 114 Å². The minimum Gasteiger partial charge on any atom is -0.456 e. The monoisotopic (exact) mass is 518 g/mol. The molecule has 196 valence electrons. The fourth-order valence-electron chi connectivity index (χ4n) is 3.95. The number of carbonyl (C=O) groups excluding carboxylic acids is 4. The Kier molecular flexibility index (Phi) is 8.50. The van der Waals surface area contributed by atoms with E-state index in [9.17, 15) is 19.2 Å². The van der Waals surface area contributed by atoms with E-state index in [1.54, 1.807) is 97.9 Å². The third-order valence-corrected chi connectivity index (χ3v) is 5.76. The predicted octanol–water partition coefficient (Wildman–Crippen LogP) is 3.97. The zero-order valence-electron chi connectivity index (χ0n) is 20.7. The van der Waals surface area contributed by atoms with Crippen LogP contribution in [0.4, 0.5) is 0 Å². The van der Waals surface area contributed by atoms with Gasteiger partial charge in [0.2, 0.25) is 12.4 Å². The number of rotatable bonds is 8. The van der Waals surface area contributed by atoms with Crippen molar-refractivity contribution in [1.82, 2.24) is 0 Å². The normalized spacial score (nSPS) is 21.1. The van der Waals surface area contributed by atoms with Crippen molar-refractivity contribution in [3.05, 3.63) is 108 Å². The first-order valence-corrected chi connectivity index (χ1v) is 11.9. The molecule has 0 amide bonds. The molecular weight excluding hydrogens is 492 g/mol. The summed E-state index contributed by atoms with van der Waals surface area (Å²) in [5.41, 5.74) is 0.775. The average Bonchev–Trinajstić information content (AvgIpc) is 3.25. The SMILES string of the molecule is CC(=O)O[C@@H]1O[C@@H]([C@@H](C)OC(=O)c2ccccc2)[C@H](OC(=O)c2ccccc2)[C@H]1OC(=O)c1ccccc1. The number of esters is 4. The maximum atomic E-state index is 13.0. The molecule has 5 atom stereocenters. The van der Waals surface area contributed by atoms with Gasteiger partial charge in [0.25, 0.3) is 0 Å². The van der Waals surface area contributed by atoms with Crippen LogP contribution in [0.1, 0.15) is 44.9 Å². The van der Waals surface area contributed by atoms with Crippen molar-refractivity contribution in [2.45, 2.75) is 44.6 Å². The van der Waals surface area contributed by atoms with E-state index in [4.69, 9.17) is 23.7 Å². The summed E-state index contributed by atoms with van der Waals surface area (Å²) in [7, 11) is 0. The lowest BCUT2D eigenvalue weighted by atomic mass is 10.1. The molecule has 9 heteroatoms. The molecule has 1 saturated heterocycles. The second-order valence-electron chi connectivity index (χ2n) is 8.53. The van der Waals surface area contributed by atoms with Gasteiger partial charge in [-0.3, -0.25) is 4.79 Å². The molecule has 0 radical (unpaired) electrons.